The quantitative estimate of drug-likeness (QED) is 0.432. The van der Waals surface area contributed by atoms with Gasteiger partial charge in [0.15, 0.2) is 0 Å². The van der Waals surface area contributed by atoms with Gasteiger partial charge >= 0.3 is 16.8 Å². The summed E-state index contributed by atoms with van der Waals surface area (Å²) in [4.78, 5) is 7.82. The molecule has 0 heterocycles. The van der Waals surface area contributed by atoms with Gasteiger partial charge in [0.2, 0.25) is 0 Å². The second-order valence-corrected chi connectivity index (χ2v) is 10.5. The summed E-state index contributed by atoms with van der Waals surface area (Å²) in [5.41, 5.74) is 0.125. The van der Waals surface area contributed by atoms with Gasteiger partial charge < -0.3 is 17.3 Å². The molecule has 0 spiro atoms. The van der Waals surface area contributed by atoms with Crippen molar-refractivity contribution in [2.75, 3.05) is 19.6 Å². The van der Waals surface area contributed by atoms with Crippen LogP contribution in [0.1, 0.15) is 48.5 Å². The molecule has 0 aromatic rings. The maximum atomic E-state index is 5.33. The monoisotopic (exact) mass is 331 g/mol. The molecule has 0 radical (unpaired) electrons. The third kappa shape index (κ3) is 8.50. The van der Waals surface area contributed by atoms with Crippen LogP contribution in [0.3, 0.4) is 0 Å². The molecule has 0 aromatic carbocycles. The van der Waals surface area contributed by atoms with Gasteiger partial charge in [0.05, 0.1) is 0 Å². The zero-order valence-electron chi connectivity index (χ0n) is 14.5. The van der Waals surface area contributed by atoms with Crippen molar-refractivity contribution < 1.29 is 16.8 Å². The van der Waals surface area contributed by atoms with Crippen molar-refractivity contribution in [3.63, 3.8) is 0 Å². The third-order valence-electron chi connectivity index (χ3n) is 4.02. The Bertz CT molecular complexity index is 194. The summed E-state index contributed by atoms with van der Waals surface area (Å²) in [7, 11) is -1.35. The molecule has 118 valence electrons. The van der Waals surface area contributed by atoms with E-state index in [0.717, 1.165) is 19.6 Å². The minimum atomic E-state index is -1.35. The zero-order chi connectivity index (χ0) is 13.5. The first-order valence-electron chi connectivity index (χ1n) is 7.35. The van der Waals surface area contributed by atoms with Gasteiger partial charge in [-0.15, -0.1) is 5.54 Å². The van der Waals surface area contributed by atoms with Gasteiger partial charge in [0.25, 0.3) is 0 Å². The topological polar surface area (TPSA) is 17.3 Å². The van der Waals surface area contributed by atoms with E-state index in [-0.39, 0.29) is 29.7 Å². The minimum Gasteiger partial charge on any atom is -0.658 e. The first-order chi connectivity index (χ1) is 7.88. The number of nitrogens with zero attached hydrogens (tertiary/aromatic N) is 2. The van der Waals surface area contributed by atoms with E-state index in [0.29, 0.717) is 0 Å². The summed E-state index contributed by atoms with van der Waals surface area (Å²) < 4.78 is 0. The van der Waals surface area contributed by atoms with Crippen molar-refractivity contribution in [2.24, 2.45) is 0 Å². The van der Waals surface area contributed by atoms with Crippen LogP contribution in [0, 0.1) is 7.43 Å². The molecule has 0 aromatic heterocycles. The molecule has 4 heteroatoms. The van der Waals surface area contributed by atoms with Gasteiger partial charge in [0.1, 0.15) is 0 Å². The van der Waals surface area contributed by atoms with Gasteiger partial charge in [-0.05, 0) is 19.6 Å². The van der Waals surface area contributed by atoms with Crippen molar-refractivity contribution in [1.29, 1.82) is 0 Å². The van der Waals surface area contributed by atoms with E-state index >= 15 is 0 Å². The van der Waals surface area contributed by atoms with E-state index in [1.54, 1.807) is 0 Å². The predicted molar refractivity (Wildman–Crippen MR) is 88.8 cm³/mol. The van der Waals surface area contributed by atoms with E-state index in [9.17, 15) is 0 Å². The molecule has 19 heavy (non-hydrogen) atoms. The maximum Gasteiger partial charge on any atom is 3.00 e. The molecule has 2 nitrogen and oxygen atoms in total. The fourth-order valence-electron chi connectivity index (χ4n) is 2.66. The summed E-state index contributed by atoms with van der Waals surface area (Å²) in [6.45, 7) is 19.5. The molecule has 0 N–H and O–H groups in total. The van der Waals surface area contributed by atoms with Crippen molar-refractivity contribution in [3.8, 4) is 0 Å². The second kappa shape index (κ2) is 11.3. The van der Waals surface area contributed by atoms with Crippen molar-refractivity contribution in [1.82, 2.24) is 4.90 Å². The van der Waals surface area contributed by atoms with E-state index in [2.05, 4.69) is 53.4 Å². The normalized spacial score (nSPS) is 12.0. The van der Waals surface area contributed by atoms with Crippen LogP contribution >= 0.6 is 0 Å². The SMILES string of the molecule is CCN(CC)CC(C)(C)[N-][Si](CC)(CC)CC.[CH3-].[Co+3]. The molecule has 0 rings (SSSR count). The first-order valence-corrected chi connectivity index (χ1v) is 9.91. The average molecular weight is 331 g/mol. The van der Waals surface area contributed by atoms with Gasteiger partial charge in [-0.1, -0.05) is 74.8 Å². The Labute approximate surface area is 134 Å². The second-order valence-electron chi connectivity index (χ2n) is 5.67. The molecule has 0 bridgehead atoms. The van der Waals surface area contributed by atoms with E-state index in [1.807, 2.05) is 0 Å². The largest absolute Gasteiger partial charge is 3.00 e. The van der Waals surface area contributed by atoms with Crippen molar-refractivity contribution >= 4 is 8.24 Å². The van der Waals surface area contributed by atoms with Crippen LogP contribution in [0.25, 0.3) is 4.98 Å². The summed E-state index contributed by atoms with van der Waals surface area (Å²) in [6, 6.07) is 3.88. The molecule has 0 amide bonds. The number of hydrogen-bond donors (Lipinski definition) is 0. The standard InChI is InChI=1S/C14H33N2Si.CH3.Co/c1-8-16(9-2)13-14(6,7)15-17(10-3,11-4)12-5;;/h8-13H2,1-7H3;1H3;/q2*-1;+3. The summed E-state index contributed by atoms with van der Waals surface area (Å²) in [5.74, 6) is 0. The molecule has 0 saturated carbocycles. The van der Waals surface area contributed by atoms with Crippen LogP contribution in [-0.2, 0) is 16.8 Å². The molecule has 0 fully saturated rings. The molecule has 0 aliphatic heterocycles. The Morgan fingerprint density at radius 2 is 1.26 bits per heavy atom. The van der Waals surface area contributed by atoms with Crippen LogP contribution in [0.15, 0.2) is 0 Å². The van der Waals surface area contributed by atoms with Crippen LogP contribution < -0.4 is 0 Å². The number of hydrogen-bond acceptors (Lipinski definition) is 1. The van der Waals surface area contributed by atoms with Crippen LogP contribution in [0.5, 0.6) is 0 Å². The van der Waals surface area contributed by atoms with Crippen molar-refractivity contribution in [3.05, 3.63) is 12.4 Å². The molecular weight excluding hydrogens is 295 g/mol. The molecule has 0 aliphatic carbocycles. The van der Waals surface area contributed by atoms with Crippen molar-refractivity contribution in [2.45, 2.75) is 72.1 Å². The molecule has 0 saturated heterocycles. The third-order valence-corrected chi connectivity index (χ3v) is 9.05. The Morgan fingerprint density at radius 3 is 1.53 bits per heavy atom. The molecule has 0 aliphatic rings. The molecular formula is C15H36CoN2Si+. The smallest absolute Gasteiger partial charge is 0.658 e. The Hall–Kier alpha value is 0.643. The maximum absolute atomic E-state index is 5.33. The zero-order valence-corrected chi connectivity index (χ0v) is 16.5. The van der Waals surface area contributed by atoms with Crippen LogP contribution in [-0.4, -0.2) is 38.3 Å². The van der Waals surface area contributed by atoms with Gasteiger partial charge in [-0.3, -0.25) is 0 Å². The molecule has 0 atom stereocenters. The van der Waals surface area contributed by atoms with E-state index < -0.39 is 8.24 Å². The molecule has 0 unspecified atom stereocenters. The fourth-order valence-corrected chi connectivity index (χ4v) is 5.99. The minimum absolute atomic E-state index is 0. The van der Waals surface area contributed by atoms with Gasteiger partial charge in [-0.25, -0.2) is 0 Å². The van der Waals surface area contributed by atoms with Gasteiger partial charge in [0, 0.05) is 0 Å². The van der Waals surface area contributed by atoms with E-state index in [4.69, 9.17) is 4.98 Å². The summed E-state index contributed by atoms with van der Waals surface area (Å²) in [5, 5.41) is 0. The van der Waals surface area contributed by atoms with Crippen LogP contribution in [0.2, 0.25) is 18.1 Å². The average Bonchev–Trinajstić information content (AvgIpc) is 2.33. The summed E-state index contributed by atoms with van der Waals surface area (Å²) >= 11 is 0. The first kappa shape index (κ1) is 24.6. The Kier molecular flexibility index (Phi) is 14.7. The Balaban J connectivity index is -0.00000128. The number of likely N-dealkylation sites (N-methyl/N-ethyl adjacent to an activating group) is 1. The summed E-state index contributed by atoms with van der Waals surface area (Å²) in [6.07, 6.45) is 0. The van der Waals surface area contributed by atoms with E-state index in [1.165, 1.54) is 18.1 Å². The fraction of sp³-hybridized carbons (Fsp3) is 0.933. The van der Waals surface area contributed by atoms with Crippen LogP contribution in [0.4, 0.5) is 0 Å². The number of rotatable bonds is 9. The van der Waals surface area contributed by atoms with Gasteiger partial charge in [-0.2, -0.15) is 0 Å². The predicted octanol–water partition coefficient (Wildman–Crippen LogP) is 4.93. The Morgan fingerprint density at radius 1 is 0.895 bits per heavy atom.